The van der Waals surface area contributed by atoms with E-state index in [0.29, 0.717) is 0 Å². The van der Waals surface area contributed by atoms with Crippen LogP contribution in [0, 0.1) is 0 Å². The van der Waals surface area contributed by atoms with E-state index in [9.17, 15) is 5.11 Å². The average Bonchev–Trinajstić information content (AvgIpc) is 2.84. The summed E-state index contributed by atoms with van der Waals surface area (Å²) in [6, 6.07) is 21.0. The monoisotopic (exact) mass is 275 g/mol. The minimum atomic E-state index is 0.259. The summed E-state index contributed by atoms with van der Waals surface area (Å²) in [6.45, 7) is 0. The summed E-state index contributed by atoms with van der Waals surface area (Å²) in [5.41, 5.74) is 1.91. The lowest BCUT2D eigenvalue weighted by Crippen LogP contribution is -1.83. The molecule has 3 aromatic carbocycles. The SMILES string of the molecule is Oc1ccc2c(c1)[nH]c1cc(Oc3ccccc3)ccc12. The molecule has 21 heavy (non-hydrogen) atoms. The molecule has 0 bridgehead atoms. The maximum atomic E-state index is 9.56. The van der Waals surface area contributed by atoms with Gasteiger partial charge in [0.25, 0.3) is 0 Å². The van der Waals surface area contributed by atoms with Gasteiger partial charge in [0, 0.05) is 22.9 Å². The topological polar surface area (TPSA) is 45.2 Å². The Morgan fingerprint density at radius 2 is 1.43 bits per heavy atom. The van der Waals surface area contributed by atoms with E-state index in [1.807, 2.05) is 54.6 Å². The van der Waals surface area contributed by atoms with E-state index in [-0.39, 0.29) is 5.75 Å². The number of hydrogen-bond donors (Lipinski definition) is 2. The van der Waals surface area contributed by atoms with Crippen molar-refractivity contribution in [2.75, 3.05) is 0 Å². The number of aromatic amines is 1. The predicted octanol–water partition coefficient (Wildman–Crippen LogP) is 4.82. The first-order valence-electron chi connectivity index (χ1n) is 6.77. The van der Waals surface area contributed by atoms with Crippen LogP contribution in [0.3, 0.4) is 0 Å². The van der Waals surface area contributed by atoms with Crippen LogP contribution in [0.4, 0.5) is 0 Å². The van der Waals surface area contributed by atoms with E-state index in [4.69, 9.17) is 4.74 Å². The van der Waals surface area contributed by atoms with Crippen molar-refractivity contribution >= 4 is 21.8 Å². The van der Waals surface area contributed by atoms with Crippen LogP contribution in [0.2, 0.25) is 0 Å². The van der Waals surface area contributed by atoms with Crippen LogP contribution in [-0.2, 0) is 0 Å². The van der Waals surface area contributed by atoms with Crippen molar-refractivity contribution in [2.24, 2.45) is 0 Å². The molecule has 0 spiro atoms. The Morgan fingerprint density at radius 1 is 0.714 bits per heavy atom. The van der Waals surface area contributed by atoms with Crippen molar-refractivity contribution in [3.63, 3.8) is 0 Å². The number of rotatable bonds is 2. The smallest absolute Gasteiger partial charge is 0.129 e. The van der Waals surface area contributed by atoms with Gasteiger partial charge in [-0.25, -0.2) is 0 Å². The standard InChI is InChI=1S/C18H13NO2/c20-12-6-8-15-16-9-7-14(11-18(16)19-17(15)10-12)21-13-4-2-1-3-5-13/h1-11,19-20H. The normalized spacial score (nSPS) is 11.0. The van der Waals surface area contributed by atoms with Crippen LogP contribution in [0.25, 0.3) is 21.8 Å². The number of benzene rings is 3. The van der Waals surface area contributed by atoms with Crippen molar-refractivity contribution in [3.8, 4) is 17.2 Å². The van der Waals surface area contributed by atoms with E-state index in [1.54, 1.807) is 12.1 Å². The van der Waals surface area contributed by atoms with Crippen LogP contribution in [0.15, 0.2) is 66.7 Å². The first-order valence-corrected chi connectivity index (χ1v) is 6.77. The first kappa shape index (κ1) is 11.9. The maximum absolute atomic E-state index is 9.56. The summed E-state index contributed by atoms with van der Waals surface area (Å²) in [5, 5.41) is 11.8. The third kappa shape index (κ3) is 2.09. The lowest BCUT2D eigenvalue weighted by Gasteiger charge is -2.05. The van der Waals surface area contributed by atoms with E-state index in [1.165, 1.54) is 0 Å². The molecular formula is C18H13NO2. The van der Waals surface area contributed by atoms with Crippen molar-refractivity contribution in [3.05, 3.63) is 66.7 Å². The largest absolute Gasteiger partial charge is 0.508 e. The molecule has 0 radical (unpaired) electrons. The lowest BCUT2D eigenvalue weighted by atomic mass is 10.1. The third-order valence-electron chi connectivity index (χ3n) is 3.53. The Hall–Kier alpha value is -2.94. The molecular weight excluding hydrogens is 262 g/mol. The number of aromatic nitrogens is 1. The molecule has 0 fully saturated rings. The molecule has 1 heterocycles. The first-order chi connectivity index (χ1) is 10.3. The number of phenolic OH excluding ortho intramolecular Hbond substituents is 1. The summed E-state index contributed by atoms with van der Waals surface area (Å²) in [5.74, 6) is 1.85. The second kappa shape index (κ2) is 4.56. The molecule has 102 valence electrons. The minimum Gasteiger partial charge on any atom is -0.508 e. The van der Waals surface area contributed by atoms with Gasteiger partial charge in [0.05, 0.1) is 11.0 Å². The van der Waals surface area contributed by atoms with Crippen molar-refractivity contribution in [1.29, 1.82) is 0 Å². The summed E-state index contributed by atoms with van der Waals surface area (Å²) >= 11 is 0. The second-order valence-corrected chi connectivity index (χ2v) is 4.98. The number of aromatic hydroxyl groups is 1. The molecule has 0 aliphatic rings. The fraction of sp³-hybridized carbons (Fsp3) is 0. The van der Waals surface area contributed by atoms with Crippen LogP contribution >= 0.6 is 0 Å². The zero-order valence-electron chi connectivity index (χ0n) is 11.2. The average molecular weight is 275 g/mol. The van der Waals surface area contributed by atoms with Gasteiger partial charge in [-0.1, -0.05) is 18.2 Å². The van der Waals surface area contributed by atoms with E-state index in [0.717, 1.165) is 33.3 Å². The quantitative estimate of drug-likeness (QED) is 0.551. The van der Waals surface area contributed by atoms with Gasteiger partial charge >= 0.3 is 0 Å². The Balaban J connectivity index is 1.81. The molecule has 0 amide bonds. The summed E-state index contributed by atoms with van der Waals surface area (Å²) in [4.78, 5) is 3.30. The molecule has 0 unspecified atom stereocenters. The van der Waals surface area contributed by atoms with Gasteiger partial charge in [-0.05, 0) is 36.4 Å². The van der Waals surface area contributed by atoms with Crippen molar-refractivity contribution in [1.82, 2.24) is 4.98 Å². The fourth-order valence-electron chi connectivity index (χ4n) is 2.57. The van der Waals surface area contributed by atoms with Gasteiger partial charge in [0.15, 0.2) is 0 Å². The molecule has 3 nitrogen and oxygen atoms in total. The van der Waals surface area contributed by atoms with Gasteiger partial charge in [-0.3, -0.25) is 0 Å². The molecule has 2 N–H and O–H groups in total. The minimum absolute atomic E-state index is 0.259. The molecule has 0 atom stereocenters. The molecule has 1 aromatic heterocycles. The Kier molecular flexibility index (Phi) is 2.57. The van der Waals surface area contributed by atoms with Crippen molar-refractivity contribution in [2.45, 2.75) is 0 Å². The second-order valence-electron chi connectivity index (χ2n) is 4.98. The molecule has 3 heteroatoms. The molecule has 4 aromatic rings. The number of hydrogen-bond acceptors (Lipinski definition) is 2. The number of fused-ring (bicyclic) bond motifs is 3. The van der Waals surface area contributed by atoms with Gasteiger partial charge in [-0.2, -0.15) is 0 Å². The van der Waals surface area contributed by atoms with E-state index >= 15 is 0 Å². The molecule has 0 saturated carbocycles. The summed E-state index contributed by atoms with van der Waals surface area (Å²) in [7, 11) is 0. The number of ether oxygens (including phenoxy) is 1. The van der Waals surface area contributed by atoms with Gasteiger partial charge in [-0.15, -0.1) is 0 Å². The number of H-pyrrole nitrogens is 1. The highest BCUT2D eigenvalue weighted by atomic mass is 16.5. The molecule has 0 aliphatic heterocycles. The Morgan fingerprint density at radius 3 is 2.24 bits per heavy atom. The fourth-order valence-corrected chi connectivity index (χ4v) is 2.57. The predicted molar refractivity (Wildman–Crippen MR) is 84.0 cm³/mol. The van der Waals surface area contributed by atoms with E-state index < -0.39 is 0 Å². The highest BCUT2D eigenvalue weighted by Crippen LogP contribution is 2.31. The maximum Gasteiger partial charge on any atom is 0.129 e. The zero-order valence-corrected chi connectivity index (χ0v) is 11.2. The van der Waals surface area contributed by atoms with Crippen molar-refractivity contribution < 1.29 is 9.84 Å². The van der Waals surface area contributed by atoms with Crippen LogP contribution in [-0.4, -0.2) is 10.1 Å². The third-order valence-corrected chi connectivity index (χ3v) is 3.53. The lowest BCUT2D eigenvalue weighted by molar-refractivity contribution is 0.476. The van der Waals surface area contributed by atoms with E-state index in [2.05, 4.69) is 4.98 Å². The Bertz CT molecular complexity index is 926. The van der Waals surface area contributed by atoms with Gasteiger partial charge in [0.2, 0.25) is 0 Å². The molecule has 0 saturated heterocycles. The van der Waals surface area contributed by atoms with Crippen LogP contribution in [0.1, 0.15) is 0 Å². The summed E-state index contributed by atoms with van der Waals surface area (Å²) < 4.78 is 5.84. The molecule has 4 rings (SSSR count). The Labute approximate surface area is 121 Å². The number of para-hydroxylation sites is 1. The molecule has 0 aliphatic carbocycles. The highest BCUT2D eigenvalue weighted by Gasteiger charge is 2.06. The van der Waals surface area contributed by atoms with Crippen LogP contribution in [0.5, 0.6) is 17.2 Å². The van der Waals surface area contributed by atoms with Gasteiger partial charge in [0.1, 0.15) is 17.2 Å². The summed E-state index contributed by atoms with van der Waals surface area (Å²) in [6.07, 6.45) is 0. The zero-order chi connectivity index (χ0) is 14.2. The highest BCUT2D eigenvalue weighted by molar-refractivity contribution is 6.07. The number of phenols is 1. The number of nitrogens with one attached hydrogen (secondary N) is 1. The van der Waals surface area contributed by atoms with Crippen LogP contribution < -0.4 is 4.74 Å². The van der Waals surface area contributed by atoms with Gasteiger partial charge < -0.3 is 14.8 Å².